The minimum absolute atomic E-state index is 0.275. The zero-order valence-electron chi connectivity index (χ0n) is 5.32. The number of hydrogen-bond acceptors (Lipinski definition) is 1. The Labute approximate surface area is 55.5 Å². The largest absolute Gasteiger partial charge is 0.375 e. The van der Waals surface area contributed by atoms with E-state index >= 15 is 0 Å². The van der Waals surface area contributed by atoms with Crippen molar-refractivity contribution in [1.29, 1.82) is 0 Å². The van der Waals surface area contributed by atoms with Gasteiger partial charge in [-0.2, -0.15) is 0 Å². The molecule has 0 aliphatic carbocycles. The van der Waals surface area contributed by atoms with Crippen molar-refractivity contribution >= 4 is 17.2 Å². The lowest BCUT2D eigenvalue weighted by atomic mass is 10.0. The lowest BCUT2D eigenvalue weighted by molar-refractivity contribution is 0.479. The van der Waals surface area contributed by atoms with E-state index in [9.17, 15) is 0 Å². The van der Waals surface area contributed by atoms with E-state index < -0.39 is 0 Å². The summed E-state index contributed by atoms with van der Waals surface area (Å²) in [6.45, 7) is 4.35. The summed E-state index contributed by atoms with van der Waals surface area (Å²) in [6, 6.07) is 0. The van der Waals surface area contributed by atoms with Gasteiger partial charge in [0.25, 0.3) is 0 Å². The summed E-state index contributed by atoms with van der Waals surface area (Å²) in [6.07, 6.45) is 2.26. The standard InChI is InChI=1S/C6H11NS/c1-6(2)4-3-5(8)7-6/h3-4H2,1-2H3,(H,7,8). The molecule has 1 aliphatic rings. The zero-order valence-corrected chi connectivity index (χ0v) is 6.14. The summed E-state index contributed by atoms with van der Waals surface area (Å²) in [7, 11) is 0. The van der Waals surface area contributed by atoms with Crippen molar-refractivity contribution in [2.45, 2.75) is 32.2 Å². The molecule has 46 valence electrons. The highest BCUT2D eigenvalue weighted by atomic mass is 32.1. The Morgan fingerprint density at radius 3 is 2.38 bits per heavy atom. The van der Waals surface area contributed by atoms with E-state index in [1.54, 1.807) is 0 Å². The maximum absolute atomic E-state index is 4.96. The maximum atomic E-state index is 4.96. The van der Waals surface area contributed by atoms with E-state index in [1.807, 2.05) is 0 Å². The first-order chi connectivity index (χ1) is 3.60. The van der Waals surface area contributed by atoms with Gasteiger partial charge in [-0.1, -0.05) is 12.2 Å². The Bertz CT molecular complexity index is 118. The fourth-order valence-electron chi connectivity index (χ4n) is 0.928. The van der Waals surface area contributed by atoms with Gasteiger partial charge in [-0.05, 0) is 26.7 Å². The monoisotopic (exact) mass is 129 g/mol. The number of thiocarbonyl (C=S) groups is 1. The van der Waals surface area contributed by atoms with Crippen LogP contribution in [-0.2, 0) is 0 Å². The van der Waals surface area contributed by atoms with E-state index in [-0.39, 0.29) is 5.54 Å². The highest BCUT2D eigenvalue weighted by molar-refractivity contribution is 7.80. The Hall–Kier alpha value is -0.110. The molecular formula is C6H11NS. The van der Waals surface area contributed by atoms with E-state index in [1.165, 1.54) is 6.42 Å². The molecule has 0 aromatic rings. The van der Waals surface area contributed by atoms with Crippen LogP contribution in [0.25, 0.3) is 0 Å². The Balaban J connectivity index is 2.56. The fourth-order valence-corrected chi connectivity index (χ4v) is 1.31. The molecule has 0 atom stereocenters. The fraction of sp³-hybridized carbons (Fsp3) is 0.833. The molecule has 8 heavy (non-hydrogen) atoms. The van der Waals surface area contributed by atoms with Crippen LogP contribution in [0.5, 0.6) is 0 Å². The first-order valence-electron chi connectivity index (χ1n) is 2.91. The van der Waals surface area contributed by atoms with Crippen molar-refractivity contribution in [3.05, 3.63) is 0 Å². The lowest BCUT2D eigenvalue weighted by Gasteiger charge is -2.16. The Kier molecular flexibility index (Phi) is 1.27. The summed E-state index contributed by atoms with van der Waals surface area (Å²) >= 11 is 4.96. The van der Waals surface area contributed by atoms with Gasteiger partial charge in [0, 0.05) is 5.54 Å². The number of rotatable bonds is 0. The zero-order chi connectivity index (χ0) is 6.20. The predicted molar refractivity (Wildman–Crippen MR) is 39.0 cm³/mol. The molecule has 2 heteroatoms. The topological polar surface area (TPSA) is 12.0 Å². The molecule has 0 bridgehead atoms. The highest BCUT2D eigenvalue weighted by Gasteiger charge is 2.24. The second kappa shape index (κ2) is 1.69. The van der Waals surface area contributed by atoms with Crippen LogP contribution in [0.1, 0.15) is 26.7 Å². The van der Waals surface area contributed by atoms with Crippen LogP contribution in [0.4, 0.5) is 0 Å². The predicted octanol–water partition coefficient (Wildman–Crippen LogP) is 1.48. The summed E-state index contributed by atoms with van der Waals surface area (Å²) < 4.78 is 0. The van der Waals surface area contributed by atoms with Gasteiger partial charge in [0.2, 0.25) is 0 Å². The van der Waals surface area contributed by atoms with Crippen LogP contribution in [-0.4, -0.2) is 10.5 Å². The third-order valence-electron chi connectivity index (χ3n) is 1.45. The summed E-state index contributed by atoms with van der Waals surface area (Å²) in [5.74, 6) is 0. The van der Waals surface area contributed by atoms with Crippen LogP contribution < -0.4 is 5.32 Å². The normalized spacial score (nSPS) is 25.5. The third kappa shape index (κ3) is 1.19. The molecule has 0 unspecified atom stereocenters. The Morgan fingerprint density at radius 2 is 2.25 bits per heavy atom. The average molecular weight is 129 g/mol. The molecule has 1 heterocycles. The van der Waals surface area contributed by atoms with Crippen LogP contribution in [0, 0.1) is 0 Å². The molecule has 1 saturated heterocycles. The van der Waals surface area contributed by atoms with Crippen molar-refractivity contribution < 1.29 is 0 Å². The summed E-state index contributed by atoms with van der Waals surface area (Å²) in [4.78, 5) is 1.02. The van der Waals surface area contributed by atoms with Crippen molar-refractivity contribution in [3.63, 3.8) is 0 Å². The summed E-state index contributed by atoms with van der Waals surface area (Å²) in [5, 5.41) is 3.22. The quantitative estimate of drug-likeness (QED) is 0.497. The van der Waals surface area contributed by atoms with Gasteiger partial charge < -0.3 is 5.32 Å². The van der Waals surface area contributed by atoms with Gasteiger partial charge in [0.1, 0.15) is 0 Å². The second-order valence-electron chi connectivity index (χ2n) is 2.93. The SMILES string of the molecule is CC1(C)CCC(=S)N1. The van der Waals surface area contributed by atoms with Crippen molar-refractivity contribution in [2.75, 3.05) is 0 Å². The molecule has 0 saturated carbocycles. The molecule has 1 fully saturated rings. The first-order valence-corrected chi connectivity index (χ1v) is 3.32. The van der Waals surface area contributed by atoms with Crippen LogP contribution in [0.3, 0.4) is 0 Å². The van der Waals surface area contributed by atoms with Gasteiger partial charge in [-0.3, -0.25) is 0 Å². The van der Waals surface area contributed by atoms with Crippen LogP contribution in [0.15, 0.2) is 0 Å². The summed E-state index contributed by atoms with van der Waals surface area (Å²) in [5.41, 5.74) is 0.275. The van der Waals surface area contributed by atoms with Crippen molar-refractivity contribution in [2.24, 2.45) is 0 Å². The van der Waals surface area contributed by atoms with Gasteiger partial charge in [-0.15, -0.1) is 0 Å². The first kappa shape index (κ1) is 6.02. The maximum Gasteiger partial charge on any atom is 0.0758 e. The van der Waals surface area contributed by atoms with E-state index in [4.69, 9.17) is 12.2 Å². The third-order valence-corrected chi connectivity index (χ3v) is 1.76. The molecule has 0 aromatic carbocycles. The molecule has 0 radical (unpaired) electrons. The van der Waals surface area contributed by atoms with Crippen molar-refractivity contribution in [1.82, 2.24) is 5.32 Å². The molecular weight excluding hydrogens is 118 g/mol. The highest BCUT2D eigenvalue weighted by Crippen LogP contribution is 2.18. The molecule has 0 spiro atoms. The van der Waals surface area contributed by atoms with Gasteiger partial charge >= 0.3 is 0 Å². The lowest BCUT2D eigenvalue weighted by Crippen LogP contribution is -2.33. The molecule has 1 nitrogen and oxygen atoms in total. The van der Waals surface area contributed by atoms with Crippen LogP contribution >= 0.6 is 12.2 Å². The van der Waals surface area contributed by atoms with Gasteiger partial charge in [0.05, 0.1) is 4.99 Å². The smallest absolute Gasteiger partial charge is 0.0758 e. The van der Waals surface area contributed by atoms with E-state index in [0.29, 0.717) is 0 Å². The average Bonchev–Trinajstić information content (AvgIpc) is 1.82. The molecule has 1 N–H and O–H groups in total. The minimum atomic E-state index is 0.275. The van der Waals surface area contributed by atoms with E-state index in [2.05, 4.69) is 19.2 Å². The minimum Gasteiger partial charge on any atom is -0.375 e. The molecule has 1 rings (SSSR count). The molecule has 0 aromatic heterocycles. The van der Waals surface area contributed by atoms with E-state index in [0.717, 1.165) is 11.4 Å². The van der Waals surface area contributed by atoms with Gasteiger partial charge in [-0.25, -0.2) is 0 Å². The number of hydrogen-bond donors (Lipinski definition) is 1. The van der Waals surface area contributed by atoms with Crippen LogP contribution in [0.2, 0.25) is 0 Å². The molecule has 1 aliphatic heterocycles. The second-order valence-corrected chi connectivity index (χ2v) is 3.42. The molecule has 0 amide bonds. The Morgan fingerprint density at radius 1 is 1.62 bits per heavy atom. The van der Waals surface area contributed by atoms with Crippen molar-refractivity contribution in [3.8, 4) is 0 Å². The number of nitrogens with one attached hydrogen (secondary N) is 1. The van der Waals surface area contributed by atoms with Gasteiger partial charge in [0.15, 0.2) is 0 Å².